The summed E-state index contributed by atoms with van der Waals surface area (Å²) in [4.78, 5) is 12.2. The zero-order valence-electron chi connectivity index (χ0n) is 13.4. The molecule has 0 fully saturated rings. The third kappa shape index (κ3) is 4.93. The van der Waals surface area contributed by atoms with Crippen molar-refractivity contribution in [3.63, 3.8) is 0 Å². The van der Waals surface area contributed by atoms with Gasteiger partial charge in [-0.25, -0.2) is 0 Å². The summed E-state index contributed by atoms with van der Waals surface area (Å²) < 4.78 is 11.7. The molecular formula is C18H15BrN2O3S. The number of Topliss-reactive ketones (excluding diaryl/α,β-unsaturated/α-hetero) is 1. The summed E-state index contributed by atoms with van der Waals surface area (Å²) >= 11 is 4.64. The first-order chi connectivity index (χ1) is 12.1. The quantitative estimate of drug-likeness (QED) is 0.418. The Balaban J connectivity index is 1.55. The average Bonchev–Trinajstić information content (AvgIpc) is 3.09. The van der Waals surface area contributed by atoms with Crippen LogP contribution in [0.25, 0.3) is 0 Å². The summed E-state index contributed by atoms with van der Waals surface area (Å²) in [6, 6.07) is 14.9. The maximum atomic E-state index is 12.2. The molecule has 128 valence electrons. The van der Waals surface area contributed by atoms with E-state index in [2.05, 4.69) is 26.1 Å². The van der Waals surface area contributed by atoms with Gasteiger partial charge in [0.05, 0.1) is 19.3 Å². The number of nitrogens with zero attached hydrogens (tertiary/aromatic N) is 2. The lowest BCUT2D eigenvalue weighted by molar-refractivity contribution is 0.102. The van der Waals surface area contributed by atoms with Crippen LogP contribution in [0.3, 0.4) is 0 Å². The van der Waals surface area contributed by atoms with E-state index in [1.54, 1.807) is 31.4 Å². The summed E-state index contributed by atoms with van der Waals surface area (Å²) in [5, 5.41) is 8.42. The Morgan fingerprint density at radius 3 is 2.52 bits per heavy atom. The third-order valence-corrected chi connectivity index (χ3v) is 4.80. The molecule has 1 aromatic heterocycles. The summed E-state index contributed by atoms with van der Waals surface area (Å²) in [6.45, 7) is 0. The summed E-state index contributed by atoms with van der Waals surface area (Å²) in [7, 11) is 1.59. The van der Waals surface area contributed by atoms with Crippen LogP contribution in [0.1, 0.15) is 21.8 Å². The molecule has 0 amide bonds. The molecule has 0 spiro atoms. The van der Waals surface area contributed by atoms with Crippen molar-refractivity contribution in [2.75, 3.05) is 12.9 Å². The van der Waals surface area contributed by atoms with Crippen molar-refractivity contribution < 1.29 is 13.9 Å². The highest BCUT2D eigenvalue weighted by molar-refractivity contribution is 9.10. The second kappa shape index (κ2) is 8.31. The lowest BCUT2D eigenvalue weighted by atomic mass is 10.1. The molecule has 0 aliphatic carbocycles. The first kappa shape index (κ1) is 17.7. The molecule has 0 saturated carbocycles. The molecule has 0 saturated heterocycles. The van der Waals surface area contributed by atoms with Crippen molar-refractivity contribution >= 4 is 33.5 Å². The first-order valence-electron chi connectivity index (χ1n) is 7.51. The predicted molar refractivity (Wildman–Crippen MR) is 99.3 cm³/mol. The minimum atomic E-state index is 0.000289. The standard InChI is InChI=1S/C18H15BrN2O3S/c1-23-15-8-4-13(5-9-15)16(22)11-25-18-21-20-17(24-18)10-12-2-6-14(19)7-3-12/h2-9H,10-11H2,1H3. The van der Waals surface area contributed by atoms with Crippen molar-refractivity contribution in [3.8, 4) is 5.75 Å². The molecule has 0 N–H and O–H groups in total. The van der Waals surface area contributed by atoms with Gasteiger partial charge in [0.2, 0.25) is 5.89 Å². The number of thioether (sulfide) groups is 1. The summed E-state index contributed by atoms with van der Waals surface area (Å²) in [6.07, 6.45) is 0.563. The number of carbonyl (C=O) groups is 1. The minimum absolute atomic E-state index is 0.000289. The fourth-order valence-corrected chi connectivity index (χ4v) is 3.07. The van der Waals surface area contributed by atoms with Gasteiger partial charge in [0.15, 0.2) is 5.78 Å². The molecule has 0 unspecified atom stereocenters. The van der Waals surface area contributed by atoms with Gasteiger partial charge in [0.1, 0.15) is 5.75 Å². The Hall–Kier alpha value is -2.12. The molecule has 0 bridgehead atoms. The van der Waals surface area contributed by atoms with Crippen LogP contribution in [0.15, 0.2) is 62.6 Å². The zero-order chi connectivity index (χ0) is 17.6. The van der Waals surface area contributed by atoms with Gasteiger partial charge < -0.3 is 9.15 Å². The van der Waals surface area contributed by atoms with Crippen molar-refractivity contribution in [2.45, 2.75) is 11.6 Å². The molecule has 0 aliphatic rings. The van der Waals surface area contributed by atoms with Crippen LogP contribution in [0.4, 0.5) is 0 Å². The number of aromatic nitrogens is 2. The molecule has 2 aromatic carbocycles. The van der Waals surface area contributed by atoms with Gasteiger partial charge in [-0.15, -0.1) is 10.2 Å². The molecule has 0 radical (unpaired) electrons. The maximum Gasteiger partial charge on any atom is 0.277 e. The van der Waals surface area contributed by atoms with Crippen molar-refractivity contribution in [3.05, 3.63) is 70.0 Å². The van der Waals surface area contributed by atoms with Crippen molar-refractivity contribution in [1.82, 2.24) is 10.2 Å². The molecule has 0 aliphatic heterocycles. The lowest BCUT2D eigenvalue weighted by Crippen LogP contribution is -2.02. The van der Waals surface area contributed by atoms with E-state index < -0.39 is 0 Å². The van der Waals surface area contributed by atoms with Crippen molar-refractivity contribution in [1.29, 1.82) is 0 Å². The number of benzene rings is 2. The Labute approximate surface area is 157 Å². The van der Waals surface area contributed by atoms with Crippen LogP contribution in [-0.4, -0.2) is 28.8 Å². The van der Waals surface area contributed by atoms with Crippen LogP contribution < -0.4 is 4.74 Å². The number of ketones is 1. The van der Waals surface area contributed by atoms with Gasteiger partial charge in [0, 0.05) is 10.0 Å². The topological polar surface area (TPSA) is 65.2 Å². The van der Waals surface area contributed by atoms with Crippen LogP contribution in [0.5, 0.6) is 5.75 Å². The Bertz CT molecular complexity index is 848. The van der Waals surface area contributed by atoms with E-state index in [1.807, 2.05) is 24.3 Å². The van der Waals surface area contributed by atoms with E-state index >= 15 is 0 Å². The molecule has 3 rings (SSSR count). The molecular weight excluding hydrogens is 404 g/mol. The zero-order valence-corrected chi connectivity index (χ0v) is 15.8. The lowest BCUT2D eigenvalue weighted by Gasteiger charge is -2.01. The Morgan fingerprint density at radius 1 is 1.12 bits per heavy atom. The molecule has 25 heavy (non-hydrogen) atoms. The maximum absolute atomic E-state index is 12.2. The summed E-state index contributed by atoms with van der Waals surface area (Å²) in [5.74, 6) is 1.49. The first-order valence-corrected chi connectivity index (χ1v) is 9.29. The van der Waals surface area contributed by atoms with Gasteiger partial charge >= 0.3 is 0 Å². The van der Waals surface area contributed by atoms with Crippen LogP contribution >= 0.6 is 27.7 Å². The van der Waals surface area contributed by atoms with Gasteiger partial charge in [0.25, 0.3) is 5.22 Å². The van der Waals surface area contributed by atoms with Crippen LogP contribution in [-0.2, 0) is 6.42 Å². The number of rotatable bonds is 7. The molecule has 5 nitrogen and oxygen atoms in total. The molecule has 7 heteroatoms. The molecule has 3 aromatic rings. The van der Waals surface area contributed by atoms with Crippen LogP contribution in [0.2, 0.25) is 0 Å². The third-order valence-electron chi connectivity index (χ3n) is 3.46. The van der Waals surface area contributed by atoms with E-state index in [-0.39, 0.29) is 11.5 Å². The van der Waals surface area contributed by atoms with Gasteiger partial charge in [-0.3, -0.25) is 4.79 Å². The Morgan fingerprint density at radius 2 is 1.84 bits per heavy atom. The van der Waals surface area contributed by atoms with E-state index in [0.29, 0.717) is 23.1 Å². The van der Waals surface area contributed by atoms with E-state index in [4.69, 9.17) is 9.15 Å². The van der Waals surface area contributed by atoms with E-state index in [9.17, 15) is 4.79 Å². The molecule has 0 atom stereocenters. The highest BCUT2D eigenvalue weighted by atomic mass is 79.9. The number of methoxy groups -OCH3 is 1. The number of halogens is 1. The van der Waals surface area contributed by atoms with E-state index in [0.717, 1.165) is 15.8 Å². The largest absolute Gasteiger partial charge is 0.497 e. The Kier molecular flexibility index (Phi) is 5.88. The van der Waals surface area contributed by atoms with Crippen molar-refractivity contribution in [2.24, 2.45) is 0 Å². The second-order valence-electron chi connectivity index (χ2n) is 5.21. The number of hydrogen-bond donors (Lipinski definition) is 0. The van der Waals surface area contributed by atoms with Crippen LogP contribution in [0, 0.1) is 0 Å². The average molecular weight is 419 g/mol. The normalized spacial score (nSPS) is 10.6. The minimum Gasteiger partial charge on any atom is -0.497 e. The molecule has 1 heterocycles. The smallest absolute Gasteiger partial charge is 0.277 e. The highest BCUT2D eigenvalue weighted by Gasteiger charge is 2.12. The van der Waals surface area contributed by atoms with Gasteiger partial charge in [-0.2, -0.15) is 0 Å². The van der Waals surface area contributed by atoms with Gasteiger partial charge in [-0.05, 0) is 42.0 Å². The fourth-order valence-electron chi connectivity index (χ4n) is 2.13. The number of carbonyl (C=O) groups excluding carboxylic acids is 1. The number of ether oxygens (including phenoxy) is 1. The second-order valence-corrected chi connectivity index (χ2v) is 7.05. The SMILES string of the molecule is COc1ccc(C(=O)CSc2nnc(Cc3ccc(Br)cc3)o2)cc1. The number of hydrogen-bond acceptors (Lipinski definition) is 6. The monoisotopic (exact) mass is 418 g/mol. The predicted octanol–water partition coefficient (Wildman–Crippen LogP) is 4.41. The summed E-state index contributed by atoms with van der Waals surface area (Å²) in [5.41, 5.74) is 1.71. The fraction of sp³-hybridized carbons (Fsp3) is 0.167. The highest BCUT2D eigenvalue weighted by Crippen LogP contribution is 2.20. The van der Waals surface area contributed by atoms with E-state index in [1.165, 1.54) is 11.8 Å². The van der Waals surface area contributed by atoms with Gasteiger partial charge in [-0.1, -0.05) is 39.8 Å².